The number of nitrogens with two attached hydrogens (primary N) is 1. The van der Waals surface area contributed by atoms with Gasteiger partial charge in [-0.15, -0.1) is 0 Å². The van der Waals surface area contributed by atoms with Gasteiger partial charge in [0.05, 0.1) is 11.8 Å². The molecule has 14 heteroatoms. The number of amides is 3. The van der Waals surface area contributed by atoms with Gasteiger partial charge in [0.2, 0.25) is 23.7 Å². The maximum atomic E-state index is 15.0. The third-order valence-corrected chi connectivity index (χ3v) is 12.7. The van der Waals surface area contributed by atoms with Gasteiger partial charge in [-0.2, -0.15) is 0 Å². The lowest BCUT2D eigenvalue weighted by atomic mass is 9.85. The summed E-state index contributed by atoms with van der Waals surface area (Å²) in [6.07, 6.45) is 13.9. The van der Waals surface area contributed by atoms with Crippen molar-refractivity contribution in [2.75, 3.05) is 61.8 Å². The fourth-order valence-corrected chi connectivity index (χ4v) is 9.29. The summed E-state index contributed by atoms with van der Waals surface area (Å²) in [5.41, 5.74) is 8.10. The molecule has 5 N–H and O–H groups in total. The van der Waals surface area contributed by atoms with E-state index in [1.807, 2.05) is 23.1 Å². The average molecular weight is 801 g/mol. The zero-order chi connectivity index (χ0) is 40.6. The lowest BCUT2D eigenvalue weighted by Gasteiger charge is -2.43. The second kappa shape index (κ2) is 18.9. The van der Waals surface area contributed by atoms with E-state index in [-0.39, 0.29) is 53.4 Å². The smallest absolute Gasteiger partial charge is 0.249 e. The molecule has 0 bridgehead atoms. The van der Waals surface area contributed by atoms with Gasteiger partial charge < -0.3 is 30.9 Å². The summed E-state index contributed by atoms with van der Waals surface area (Å²) in [5, 5.41) is 16.6. The average Bonchev–Trinajstić information content (AvgIpc) is 3.24. The predicted molar refractivity (Wildman–Crippen MR) is 220 cm³/mol. The number of likely N-dealkylation sites (tertiary alicyclic amines) is 2. The summed E-state index contributed by atoms with van der Waals surface area (Å²) in [7, 11) is 0. The molecule has 3 aromatic rings. The van der Waals surface area contributed by atoms with Gasteiger partial charge in [-0.1, -0.05) is 37.5 Å². The van der Waals surface area contributed by atoms with E-state index in [2.05, 4.69) is 36.5 Å². The summed E-state index contributed by atoms with van der Waals surface area (Å²) in [5.74, 6) is -0.719. The standard InChI is InChI=1S/C29H41FN4O4.C15H17FN4/c30-24-18-22(31-25-8-9-26(35)32-27(25)36)6-7-23(24)20-10-14-33(15-11-20)19-29(38)12-16-34(17-13-29)28(37)21-4-2-1-3-5-21;16-13-10-18-15(17)19-14(13)11-5-4-6-12(9-11)20-7-2-1-3-8-20/h6-7,18,20-21,25,31,38H,1-5,8-17,19H2,(H,32,35,36);4-6,9-10H,1-3,7-8H2,(H2,17,18,19). The van der Waals surface area contributed by atoms with E-state index < -0.39 is 17.5 Å². The molecule has 1 saturated carbocycles. The van der Waals surface area contributed by atoms with Crippen molar-refractivity contribution in [3.05, 3.63) is 65.9 Å². The Labute approximate surface area is 340 Å². The van der Waals surface area contributed by atoms with Crippen LogP contribution in [-0.2, 0) is 14.4 Å². The van der Waals surface area contributed by atoms with Crippen molar-refractivity contribution in [2.45, 2.75) is 107 Å². The van der Waals surface area contributed by atoms with E-state index in [1.165, 1.54) is 31.7 Å². The zero-order valence-corrected chi connectivity index (χ0v) is 33.4. The normalized spacial score (nSPS) is 22.2. The van der Waals surface area contributed by atoms with E-state index >= 15 is 4.39 Å². The molecule has 1 aromatic heterocycles. The molecule has 1 aliphatic carbocycles. The second-order valence-electron chi connectivity index (χ2n) is 16.8. The Morgan fingerprint density at radius 1 is 0.879 bits per heavy atom. The van der Waals surface area contributed by atoms with Crippen molar-refractivity contribution < 1.29 is 28.3 Å². The van der Waals surface area contributed by atoms with Crippen molar-refractivity contribution >= 4 is 35.0 Å². The largest absolute Gasteiger partial charge is 0.388 e. The van der Waals surface area contributed by atoms with Gasteiger partial charge in [0, 0.05) is 62.0 Å². The Morgan fingerprint density at radius 3 is 2.31 bits per heavy atom. The van der Waals surface area contributed by atoms with Gasteiger partial charge in [-0.3, -0.25) is 19.7 Å². The number of halogens is 2. The number of nitrogens with one attached hydrogen (secondary N) is 2. The van der Waals surface area contributed by atoms with Gasteiger partial charge in [-0.25, -0.2) is 18.7 Å². The van der Waals surface area contributed by atoms with Crippen LogP contribution in [0.1, 0.15) is 101 Å². The lowest BCUT2D eigenvalue weighted by molar-refractivity contribution is -0.141. The minimum Gasteiger partial charge on any atom is -0.388 e. The van der Waals surface area contributed by atoms with Crippen LogP contribution in [0.5, 0.6) is 0 Å². The highest BCUT2D eigenvalue weighted by molar-refractivity contribution is 6.01. The van der Waals surface area contributed by atoms with Crippen molar-refractivity contribution in [3.63, 3.8) is 0 Å². The SMILES string of the molecule is Nc1ncc(F)c(-c2cccc(N3CCCCC3)c2)n1.O=C1CCC(Nc2ccc(C3CCN(CC4(O)CCN(C(=O)C5CCCCC5)CC4)CC3)c(F)c2)C(=O)N1. The molecule has 4 aliphatic heterocycles. The number of imide groups is 1. The minimum absolute atomic E-state index is 0.0878. The number of anilines is 3. The van der Waals surface area contributed by atoms with Crippen LogP contribution in [0.15, 0.2) is 48.7 Å². The molecular formula is C44H58F2N8O4. The maximum absolute atomic E-state index is 15.0. The van der Waals surface area contributed by atoms with Crippen LogP contribution in [0.25, 0.3) is 11.3 Å². The molecule has 4 saturated heterocycles. The minimum atomic E-state index is -0.773. The number of aliphatic hydroxyl groups is 1. The third-order valence-electron chi connectivity index (χ3n) is 12.7. The highest BCUT2D eigenvalue weighted by atomic mass is 19.1. The molecule has 12 nitrogen and oxygen atoms in total. The number of benzene rings is 2. The number of carbonyl (C=O) groups excluding carboxylic acids is 3. The Kier molecular flexibility index (Phi) is 13.5. The maximum Gasteiger partial charge on any atom is 0.249 e. The van der Waals surface area contributed by atoms with Gasteiger partial charge in [0.15, 0.2) is 5.82 Å². The number of nitrogen functional groups attached to an aromatic ring is 1. The quantitative estimate of drug-likeness (QED) is 0.199. The number of hydrogen-bond donors (Lipinski definition) is 4. The first-order valence-corrected chi connectivity index (χ1v) is 21.3. The van der Waals surface area contributed by atoms with Crippen LogP contribution in [0.2, 0.25) is 0 Å². The number of piperidine rings is 4. The van der Waals surface area contributed by atoms with E-state index in [0.717, 1.165) is 82.2 Å². The number of hydrogen-bond acceptors (Lipinski definition) is 10. The molecular weight excluding hydrogens is 743 g/mol. The Balaban J connectivity index is 0.000000214. The number of β-amino-alcohol motifs (C(OH)–C–C–N with tert-alkyl or cyclic N) is 1. The first-order chi connectivity index (χ1) is 28.0. The summed E-state index contributed by atoms with van der Waals surface area (Å²) in [4.78, 5) is 50.4. The van der Waals surface area contributed by atoms with Crippen LogP contribution >= 0.6 is 0 Å². The van der Waals surface area contributed by atoms with Gasteiger partial charge in [-0.05, 0) is 113 Å². The molecule has 3 amide bonds. The van der Waals surface area contributed by atoms with Gasteiger partial charge in [0.1, 0.15) is 17.6 Å². The fraction of sp³-hybridized carbons (Fsp3) is 0.568. The molecule has 2 aromatic carbocycles. The number of aromatic nitrogens is 2. The summed E-state index contributed by atoms with van der Waals surface area (Å²) < 4.78 is 28.9. The van der Waals surface area contributed by atoms with E-state index in [0.29, 0.717) is 50.1 Å². The van der Waals surface area contributed by atoms with Crippen LogP contribution in [0, 0.1) is 17.6 Å². The zero-order valence-electron chi connectivity index (χ0n) is 33.4. The second-order valence-corrected chi connectivity index (χ2v) is 16.8. The summed E-state index contributed by atoms with van der Waals surface area (Å²) in [6, 6.07) is 12.3. The molecule has 5 aliphatic rings. The topological polar surface area (TPSA) is 157 Å². The molecule has 58 heavy (non-hydrogen) atoms. The van der Waals surface area contributed by atoms with Crippen molar-refractivity contribution in [1.29, 1.82) is 0 Å². The highest BCUT2D eigenvalue weighted by Crippen LogP contribution is 2.34. The number of nitrogens with zero attached hydrogens (tertiary/aromatic N) is 5. The molecule has 8 rings (SSSR count). The Bertz CT molecular complexity index is 1900. The van der Waals surface area contributed by atoms with Gasteiger partial charge in [0.25, 0.3) is 0 Å². The van der Waals surface area contributed by atoms with Crippen molar-refractivity contribution in [1.82, 2.24) is 25.1 Å². The van der Waals surface area contributed by atoms with Crippen molar-refractivity contribution in [2.24, 2.45) is 5.92 Å². The summed E-state index contributed by atoms with van der Waals surface area (Å²) in [6.45, 7) is 5.57. The van der Waals surface area contributed by atoms with Crippen molar-refractivity contribution in [3.8, 4) is 11.3 Å². The first kappa shape index (κ1) is 41.5. The Morgan fingerprint density at radius 2 is 1.60 bits per heavy atom. The van der Waals surface area contributed by atoms with E-state index in [9.17, 15) is 23.9 Å². The molecule has 5 fully saturated rings. The molecule has 312 valence electrons. The molecule has 1 atom stereocenters. The molecule has 0 radical (unpaired) electrons. The summed E-state index contributed by atoms with van der Waals surface area (Å²) >= 11 is 0. The third kappa shape index (κ3) is 10.5. The number of carbonyl (C=O) groups is 3. The number of rotatable bonds is 8. The van der Waals surface area contributed by atoms with Crippen LogP contribution in [0.3, 0.4) is 0 Å². The lowest BCUT2D eigenvalue weighted by Crippen LogP contribution is -2.54. The van der Waals surface area contributed by atoms with Gasteiger partial charge >= 0.3 is 0 Å². The van der Waals surface area contributed by atoms with E-state index in [1.54, 1.807) is 12.1 Å². The molecule has 5 heterocycles. The van der Waals surface area contributed by atoms with Crippen LogP contribution < -0.4 is 21.3 Å². The first-order valence-electron chi connectivity index (χ1n) is 21.3. The predicted octanol–water partition coefficient (Wildman–Crippen LogP) is 6.01. The highest BCUT2D eigenvalue weighted by Gasteiger charge is 2.38. The fourth-order valence-electron chi connectivity index (χ4n) is 9.29. The van der Waals surface area contributed by atoms with E-state index in [4.69, 9.17) is 5.73 Å². The molecule has 0 spiro atoms. The Hall–Kier alpha value is -4.69. The van der Waals surface area contributed by atoms with Crippen LogP contribution in [0.4, 0.5) is 26.1 Å². The molecule has 1 unspecified atom stereocenters. The monoisotopic (exact) mass is 800 g/mol. The van der Waals surface area contributed by atoms with Crippen LogP contribution in [-0.4, -0.2) is 100 Å².